The number of rotatable bonds is 6. The molecule has 0 radical (unpaired) electrons. The van der Waals surface area contributed by atoms with Crippen LogP contribution in [0.2, 0.25) is 0 Å². The molecule has 0 aliphatic heterocycles. The highest BCUT2D eigenvalue weighted by Gasteiger charge is 2.14. The van der Waals surface area contributed by atoms with Gasteiger partial charge in [0.15, 0.2) is 23.2 Å². The van der Waals surface area contributed by atoms with E-state index in [1.807, 2.05) is 84.9 Å². The summed E-state index contributed by atoms with van der Waals surface area (Å²) in [5.41, 5.74) is 10.2. The lowest BCUT2D eigenvalue weighted by atomic mass is 9.90. The van der Waals surface area contributed by atoms with Crippen LogP contribution in [-0.2, 0) is 0 Å². The molecule has 0 amide bonds. The van der Waals surface area contributed by atoms with Gasteiger partial charge < -0.3 is 0 Å². The summed E-state index contributed by atoms with van der Waals surface area (Å²) in [5, 5.41) is 2.38. The number of benzene rings is 7. The fourth-order valence-electron chi connectivity index (χ4n) is 6.03. The van der Waals surface area contributed by atoms with Gasteiger partial charge in [0.2, 0.25) is 0 Å². The number of fused-ring (bicyclic) bond motifs is 1. The Kier molecular flexibility index (Phi) is 7.54. The van der Waals surface area contributed by atoms with Crippen LogP contribution >= 0.6 is 0 Å². The Balaban J connectivity index is 1.19. The molecule has 0 bridgehead atoms. The highest BCUT2D eigenvalue weighted by atomic mass is 15.0. The molecule has 1 aromatic heterocycles. The lowest BCUT2D eigenvalue weighted by molar-refractivity contribution is 1.07. The number of hydrogen-bond acceptors (Lipinski definition) is 3. The Labute approximate surface area is 279 Å². The average Bonchev–Trinajstić information content (AvgIpc) is 3.18. The minimum Gasteiger partial charge on any atom is -0.238 e. The van der Waals surface area contributed by atoms with E-state index in [1.165, 1.54) is 10.8 Å². The van der Waals surface area contributed by atoms with Crippen LogP contribution in [0.1, 0.15) is 0 Å². The molecule has 48 heavy (non-hydrogen) atoms. The maximum atomic E-state index is 7.24. The second-order valence-corrected chi connectivity index (χ2v) is 11.6. The van der Waals surface area contributed by atoms with Crippen LogP contribution in [0.4, 0.5) is 5.69 Å². The Morgan fingerprint density at radius 1 is 0.333 bits per heavy atom. The molecule has 1 heterocycles. The summed E-state index contributed by atoms with van der Waals surface area (Å²) >= 11 is 0. The van der Waals surface area contributed by atoms with Crippen LogP contribution < -0.4 is 0 Å². The van der Waals surface area contributed by atoms with Gasteiger partial charge in [-0.3, -0.25) is 0 Å². The van der Waals surface area contributed by atoms with Crippen molar-refractivity contribution in [3.8, 4) is 67.5 Å². The van der Waals surface area contributed by atoms with Gasteiger partial charge in [0.25, 0.3) is 0 Å². The molecular formula is C44H28N4. The Hall–Kier alpha value is -6.70. The molecule has 0 spiro atoms. The van der Waals surface area contributed by atoms with E-state index < -0.39 is 0 Å². The van der Waals surface area contributed by atoms with Gasteiger partial charge in [-0.25, -0.2) is 19.8 Å². The summed E-state index contributed by atoms with van der Waals surface area (Å²) in [5.74, 6) is 1.92. The van der Waals surface area contributed by atoms with Crippen LogP contribution in [0.5, 0.6) is 0 Å². The van der Waals surface area contributed by atoms with Crippen molar-refractivity contribution in [1.29, 1.82) is 0 Å². The fraction of sp³-hybridized carbons (Fsp3) is 0. The largest absolute Gasteiger partial charge is 0.238 e. The zero-order valence-electron chi connectivity index (χ0n) is 26.0. The van der Waals surface area contributed by atoms with Gasteiger partial charge in [0, 0.05) is 16.7 Å². The first-order valence-corrected chi connectivity index (χ1v) is 15.8. The van der Waals surface area contributed by atoms with Crippen molar-refractivity contribution in [2.45, 2.75) is 0 Å². The van der Waals surface area contributed by atoms with Crippen molar-refractivity contribution < 1.29 is 0 Å². The molecule has 0 saturated heterocycles. The Morgan fingerprint density at radius 3 is 1.08 bits per heavy atom. The zero-order valence-corrected chi connectivity index (χ0v) is 26.0. The molecule has 0 aliphatic rings. The summed E-state index contributed by atoms with van der Waals surface area (Å²) in [6, 6.07) is 58.0. The van der Waals surface area contributed by atoms with Gasteiger partial charge in [-0.15, -0.1) is 0 Å². The summed E-state index contributed by atoms with van der Waals surface area (Å²) < 4.78 is 0. The molecule has 8 aromatic rings. The maximum Gasteiger partial charge on any atom is 0.187 e. The van der Waals surface area contributed by atoms with Crippen LogP contribution in [0.3, 0.4) is 0 Å². The van der Waals surface area contributed by atoms with Crippen molar-refractivity contribution >= 4 is 16.5 Å². The summed E-state index contributed by atoms with van der Waals surface area (Å²) in [4.78, 5) is 18.2. The molecule has 0 atom stereocenters. The smallest absolute Gasteiger partial charge is 0.187 e. The predicted octanol–water partition coefficient (Wildman–Crippen LogP) is 11.6. The normalized spacial score (nSPS) is 10.9. The summed E-state index contributed by atoms with van der Waals surface area (Å²) in [6.45, 7) is 7.24. The van der Waals surface area contributed by atoms with E-state index in [1.54, 1.807) is 0 Å². The third-order valence-corrected chi connectivity index (χ3v) is 8.56. The molecule has 4 heteroatoms. The molecule has 4 nitrogen and oxygen atoms in total. The monoisotopic (exact) mass is 612 g/mol. The second-order valence-electron chi connectivity index (χ2n) is 11.6. The molecule has 0 N–H and O–H groups in total. The Morgan fingerprint density at radius 2 is 0.667 bits per heavy atom. The molecule has 8 rings (SSSR count). The minimum atomic E-state index is 0.632. The van der Waals surface area contributed by atoms with Crippen LogP contribution in [0, 0.1) is 6.57 Å². The van der Waals surface area contributed by atoms with E-state index in [2.05, 4.69) is 89.8 Å². The van der Waals surface area contributed by atoms with E-state index in [9.17, 15) is 0 Å². The predicted molar refractivity (Wildman–Crippen MR) is 196 cm³/mol. The molecular weight excluding hydrogens is 585 g/mol. The molecule has 7 aromatic carbocycles. The summed E-state index contributed by atoms with van der Waals surface area (Å²) in [6.07, 6.45) is 0. The third kappa shape index (κ3) is 5.73. The van der Waals surface area contributed by atoms with Gasteiger partial charge in [-0.2, -0.15) is 0 Å². The first kappa shape index (κ1) is 28.8. The molecule has 224 valence electrons. The van der Waals surface area contributed by atoms with E-state index in [0.717, 1.165) is 50.1 Å². The quantitative estimate of drug-likeness (QED) is 0.175. The topological polar surface area (TPSA) is 43.0 Å². The highest BCUT2D eigenvalue weighted by molar-refractivity contribution is 5.96. The minimum absolute atomic E-state index is 0.632. The number of hydrogen-bond donors (Lipinski definition) is 0. The third-order valence-electron chi connectivity index (χ3n) is 8.56. The van der Waals surface area contributed by atoms with Crippen molar-refractivity contribution in [3.05, 3.63) is 181 Å². The lowest BCUT2D eigenvalue weighted by Gasteiger charge is -2.14. The van der Waals surface area contributed by atoms with Gasteiger partial charge in [0.1, 0.15) is 0 Å². The average molecular weight is 613 g/mol. The van der Waals surface area contributed by atoms with Gasteiger partial charge in [-0.1, -0.05) is 158 Å². The van der Waals surface area contributed by atoms with E-state index >= 15 is 0 Å². The standard InChI is InChI=1S/C44H28N4/c1-45-39-26-24-31(25-27-39)30-16-18-32(19-17-30)40-28-37-14-8-9-15-38(37)29-41(40)33-20-22-36(23-21-33)44-47-42(34-10-4-2-5-11-34)46-43(48-44)35-12-6-3-7-13-35/h2-29H. The number of aromatic nitrogens is 3. The van der Waals surface area contributed by atoms with Crippen LogP contribution in [0.25, 0.3) is 83.2 Å². The van der Waals surface area contributed by atoms with Crippen LogP contribution in [-0.4, -0.2) is 15.0 Å². The van der Waals surface area contributed by atoms with Gasteiger partial charge in [-0.05, 0) is 56.3 Å². The molecule has 0 unspecified atom stereocenters. The highest BCUT2D eigenvalue weighted by Crippen LogP contribution is 2.37. The number of nitrogens with zero attached hydrogens (tertiary/aromatic N) is 4. The van der Waals surface area contributed by atoms with E-state index in [0.29, 0.717) is 23.2 Å². The Bertz CT molecular complexity index is 2350. The van der Waals surface area contributed by atoms with Crippen molar-refractivity contribution in [2.24, 2.45) is 0 Å². The SMILES string of the molecule is [C-]#[N+]c1ccc(-c2ccc(-c3cc4ccccc4cc3-c3ccc(-c4nc(-c5ccccc5)nc(-c5ccccc5)n4)cc3)cc2)cc1. The molecule has 0 saturated carbocycles. The first-order chi connectivity index (χ1) is 23.7. The van der Waals surface area contributed by atoms with E-state index in [-0.39, 0.29) is 0 Å². The lowest BCUT2D eigenvalue weighted by Crippen LogP contribution is -2.00. The van der Waals surface area contributed by atoms with E-state index in [4.69, 9.17) is 21.5 Å². The summed E-state index contributed by atoms with van der Waals surface area (Å²) in [7, 11) is 0. The second kappa shape index (κ2) is 12.6. The van der Waals surface area contributed by atoms with Crippen molar-refractivity contribution in [1.82, 2.24) is 15.0 Å². The van der Waals surface area contributed by atoms with Gasteiger partial charge in [0.05, 0.1) is 6.57 Å². The first-order valence-electron chi connectivity index (χ1n) is 15.8. The van der Waals surface area contributed by atoms with Gasteiger partial charge >= 0.3 is 0 Å². The maximum absolute atomic E-state index is 7.24. The fourth-order valence-corrected chi connectivity index (χ4v) is 6.03. The van der Waals surface area contributed by atoms with Crippen molar-refractivity contribution in [3.63, 3.8) is 0 Å². The van der Waals surface area contributed by atoms with Crippen LogP contribution in [0.15, 0.2) is 170 Å². The van der Waals surface area contributed by atoms with Crippen molar-refractivity contribution in [2.75, 3.05) is 0 Å². The zero-order chi connectivity index (χ0) is 32.3. The molecule has 0 fully saturated rings. The molecule has 0 aliphatic carbocycles.